The molecule has 0 saturated heterocycles. The second-order valence-corrected chi connectivity index (χ2v) is 4.41. The summed E-state index contributed by atoms with van der Waals surface area (Å²) in [7, 11) is 2.04. The Bertz CT molecular complexity index is 596. The average Bonchev–Trinajstić information content (AvgIpc) is 2.52. The molecule has 0 aliphatic heterocycles. The molecule has 0 aliphatic carbocycles. The number of allylic oxidation sites excluding steroid dienone is 2. The van der Waals surface area contributed by atoms with E-state index >= 15 is 0 Å². The first kappa shape index (κ1) is 13.9. The summed E-state index contributed by atoms with van der Waals surface area (Å²) in [4.78, 5) is 4.38. The zero-order valence-electron chi connectivity index (χ0n) is 11.7. The Morgan fingerprint density at radius 2 is 1.60 bits per heavy atom. The van der Waals surface area contributed by atoms with Crippen molar-refractivity contribution in [1.82, 2.24) is 0 Å². The van der Waals surface area contributed by atoms with Crippen LogP contribution in [0.25, 0.3) is 0 Å². The van der Waals surface area contributed by atoms with Crippen LogP contribution in [0.15, 0.2) is 77.8 Å². The SMILES string of the molecule is C[N+](=C/C=C/CC=Nc1ccccc1)c1ccccc1. The molecule has 2 aromatic rings. The van der Waals surface area contributed by atoms with Gasteiger partial charge in [0.1, 0.15) is 7.05 Å². The van der Waals surface area contributed by atoms with Gasteiger partial charge in [0.05, 0.1) is 5.69 Å². The molecule has 0 bridgehead atoms. The molecular weight excluding hydrogens is 244 g/mol. The van der Waals surface area contributed by atoms with Crippen LogP contribution in [0.3, 0.4) is 0 Å². The summed E-state index contributed by atoms with van der Waals surface area (Å²) < 4.78 is 2.09. The van der Waals surface area contributed by atoms with Crippen LogP contribution in [-0.2, 0) is 0 Å². The third-order valence-electron chi connectivity index (χ3n) is 2.85. The van der Waals surface area contributed by atoms with Gasteiger partial charge in [0.25, 0.3) is 0 Å². The van der Waals surface area contributed by atoms with Gasteiger partial charge in [-0.05, 0) is 18.2 Å². The van der Waals surface area contributed by atoms with Gasteiger partial charge in [-0.2, -0.15) is 0 Å². The summed E-state index contributed by atoms with van der Waals surface area (Å²) in [5.41, 5.74) is 2.17. The quantitative estimate of drug-likeness (QED) is 0.562. The largest absolute Gasteiger partial charge is 0.261 e. The van der Waals surface area contributed by atoms with Crippen LogP contribution < -0.4 is 0 Å². The highest BCUT2D eigenvalue weighted by atomic mass is 15.0. The lowest BCUT2D eigenvalue weighted by Gasteiger charge is -1.92. The van der Waals surface area contributed by atoms with Crippen LogP contribution >= 0.6 is 0 Å². The molecule has 100 valence electrons. The second kappa shape index (κ2) is 7.85. The molecule has 0 radical (unpaired) electrons. The van der Waals surface area contributed by atoms with Crippen LogP contribution in [-0.4, -0.2) is 24.1 Å². The Labute approximate surface area is 120 Å². The lowest BCUT2D eigenvalue weighted by Crippen LogP contribution is -1.96. The van der Waals surface area contributed by atoms with Crippen LogP contribution in [0.2, 0.25) is 0 Å². The molecule has 0 aliphatic rings. The lowest BCUT2D eigenvalue weighted by molar-refractivity contribution is -0.398. The predicted molar refractivity (Wildman–Crippen MR) is 86.7 cm³/mol. The fourth-order valence-electron chi connectivity index (χ4n) is 1.75. The first-order chi connectivity index (χ1) is 9.86. The second-order valence-electron chi connectivity index (χ2n) is 4.41. The standard InChI is InChI=1S/C18H19N2/c1-20(18-13-7-3-8-14-18)16-10-4-9-15-19-17-11-5-2-6-12-17/h2-8,10-16H,9H2,1H3/q+1/b10-4+,19-15?,20-16?. The van der Waals surface area contributed by atoms with Gasteiger partial charge in [0.15, 0.2) is 6.21 Å². The molecule has 20 heavy (non-hydrogen) atoms. The minimum absolute atomic E-state index is 0.827. The Morgan fingerprint density at radius 1 is 0.950 bits per heavy atom. The van der Waals surface area contributed by atoms with E-state index in [0.29, 0.717) is 0 Å². The van der Waals surface area contributed by atoms with Gasteiger partial charge in [-0.1, -0.05) is 42.5 Å². The van der Waals surface area contributed by atoms with E-state index in [1.165, 1.54) is 5.69 Å². The lowest BCUT2D eigenvalue weighted by atomic mass is 10.3. The molecule has 0 N–H and O–H groups in total. The zero-order valence-corrected chi connectivity index (χ0v) is 11.7. The highest BCUT2D eigenvalue weighted by Crippen LogP contribution is 2.09. The van der Waals surface area contributed by atoms with E-state index in [1.807, 2.05) is 74.1 Å². The van der Waals surface area contributed by atoms with Crippen LogP contribution in [0.1, 0.15) is 6.42 Å². The maximum Gasteiger partial charge on any atom is 0.204 e. The highest BCUT2D eigenvalue weighted by molar-refractivity contribution is 5.70. The molecule has 0 amide bonds. The molecule has 0 atom stereocenters. The highest BCUT2D eigenvalue weighted by Gasteiger charge is 1.97. The molecule has 0 saturated carbocycles. The number of nitrogens with zero attached hydrogens (tertiary/aromatic N) is 2. The topological polar surface area (TPSA) is 15.4 Å². The van der Waals surface area contributed by atoms with E-state index < -0.39 is 0 Å². The van der Waals surface area contributed by atoms with Crippen molar-refractivity contribution >= 4 is 23.8 Å². The molecule has 0 heterocycles. The molecule has 0 aromatic heterocycles. The van der Waals surface area contributed by atoms with E-state index in [-0.39, 0.29) is 0 Å². The summed E-state index contributed by atoms with van der Waals surface area (Å²) in [6.07, 6.45) is 8.93. The number of hydrogen-bond acceptors (Lipinski definition) is 1. The molecule has 0 unspecified atom stereocenters. The van der Waals surface area contributed by atoms with Crippen LogP contribution in [0, 0.1) is 0 Å². The normalized spacial score (nSPS) is 12.3. The zero-order chi connectivity index (χ0) is 14.0. The van der Waals surface area contributed by atoms with Crippen LogP contribution in [0.4, 0.5) is 11.4 Å². The van der Waals surface area contributed by atoms with Crippen LogP contribution in [0.5, 0.6) is 0 Å². The predicted octanol–water partition coefficient (Wildman–Crippen LogP) is 4.38. The summed E-state index contributed by atoms with van der Waals surface area (Å²) in [5.74, 6) is 0. The first-order valence-electron chi connectivity index (χ1n) is 6.72. The van der Waals surface area contributed by atoms with E-state index in [9.17, 15) is 0 Å². The van der Waals surface area contributed by atoms with Crippen molar-refractivity contribution in [3.05, 3.63) is 72.8 Å². The number of benzene rings is 2. The monoisotopic (exact) mass is 263 g/mol. The maximum atomic E-state index is 4.38. The molecule has 2 rings (SSSR count). The van der Waals surface area contributed by atoms with Gasteiger partial charge in [-0.25, -0.2) is 4.58 Å². The van der Waals surface area contributed by atoms with Gasteiger partial charge in [-0.3, -0.25) is 4.99 Å². The van der Waals surface area contributed by atoms with E-state index in [4.69, 9.17) is 0 Å². The van der Waals surface area contributed by atoms with Crippen molar-refractivity contribution in [2.24, 2.45) is 4.99 Å². The minimum atomic E-state index is 0.827. The molecule has 0 fully saturated rings. The molecule has 2 heteroatoms. The summed E-state index contributed by atoms with van der Waals surface area (Å²) in [5, 5.41) is 0. The Hall–Kier alpha value is -2.48. The van der Waals surface area contributed by atoms with Crippen molar-refractivity contribution < 1.29 is 4.58 Å². The Balaban J connectivity index is 1.84. The van der Waals surface area contributed by atoms with Gasteiger partial charge in [0.2, 0.25) is 5.69 Å². The number of hydrogen-bond donors (Lipinski definition) is 0. The maximum absolute atomic E-state index is 4.38. The third kappa shape index (κ3) is 4.65. The third-order valence-corrected chi connectivity index (χ3v) is 2.85. The average molecular weight is 263 g/mol. The number of aliphatic imine (C=N–C) groups is 1. The van der Waals surface area contributed by atoms with E-state index in [0.717, 1.165) is 12.1 Å². The Morgan fingerprint density at radius 3 is 2.30 bits per heavy atom. The van der Waals surface area contributed by atoms with Crippen molar-refractivity contribution in [2.45, 2.75) is 6.42 Å². The van der Waals surface area contributed by atoms with Crippen molar-refractivity contribution in [3.8, 4) is 0 Å². The molecule has 2 aromatic carbocycles. The molecular formula is C18H19N2+. The fraction of sp³-hybridized carbons (Fsp3) is 0.111. The molecule has 2 nitrogen and oxygen atoms in total. The van der Waals surface area contributed by atoms with Gasteiger partial charge < -0.3 is 0 Å². The summed E-state index contributed by atoms with van der Waals surface area (Å²) in [6, 6.07) is 20.2. The van der Waals surface area contributed by atoms with Gasteiger partial charge >= 0.3 is 0 Å². The minimum Gasteiger partial charge on any atom is -0.261 e. The van der Waals surface area contributed by atoms with Crippen molar-refractivity contribution in [3.63, 3.8) is 0 Å². The molecule has 0 spiro atoms. The van der Waals surface area contributed by atoms with E-state index in [2.05, 4.69) is 27.8 Å². The van der Waals surface area contributed by atoms with E-state index in [1.54, 1.807) is 0 Å². The summed E-state index contributed by atoms with van der Waals surface area (Å²) in [6.45, 7) is 0. The number of para-hydroxylation sites is 2. The Kier molecular flexibility index (Phi) is 5.47. The first-order valence-corrected chi connectivity index (χ1v) is 6.72. The number of rotatable bonds is 5. The summed E-state index contributed by atoms with van der Waals surface area (Å²) >= 11 is 0. The fourth-order valence-corrected chi connectivity index (χ4v) is 1.75. The van der Waals surface area contributed by atoms with Crippen molar-refractivity contribution in [2.75, 3.05) is 7.05 Å². The van der Waals surface area contributed by atoms with Crippen molar-refractivity contribution in [1.29, 1.82) is 0 Å². The smallest absolute Gasteiger partial charge is 0.204 e. The van der Waals surface area contributed by atoms with Gasteiger partial charge in [0, 0.05) is 24.8 Å². The van der Waals surface area contributed by atoms with Gasteiger partial charge in [-0.15, -0.1) is 0 Å².